The van der Waals surface area contributed by atoms with Crippen molar-refractivity contribution in [2.75, 3.05) is 0 Å². The second kappa shape index (κ2) is 5.13. The number of pyridine rings is 1. The lowest BCUT2D eigenvalue weighted by atomic mass is 9.88. The molecule has 0 bridgehead atoms. The van der Waals surface area contributed by atoms with Gasteiger partial charge < -0.3 is 5.11 Å². The van der Waals surface area contributed by atoms with Gasteiger partial charge >= 0.3 is 5.97 Å². The minimum Gasteiger partial charge on any atom is -0.481 e. The molecule has 19 heavy (non-hydrogen) atoms. The highest BCUT2D eigenvalue weighted by molar-refractivity contribution is 7.12. The Morgan fingerprint density at radius 3 is 3.16 bits per heavy atom. The van der Waals surface area contributed by atoms with Crippen molar-refractivity contribution in [3.8, 4) is 0 Å². The van der Waals surface area contributed by atoms with Crippen LogP contribution in [0.25, 0.3) is 0 Å². The lowest BCUT2D eigenvalue weighted by molar-refractivity contribution is -0.142. The first-order valence-corrected chi connectivity index (χ1v) is 7.26. The fourth-order valence-corrected chi connectivity index (χ4v) is 3.84. The Morgan fingerprint density at radius 2 is 2.42 bits per heavy atom. The molecule has 0 aromatic carbocycles. The van der Waals surface area contributed by atoms with Crippen molar-refractivity contribution >= 4 is 17.3 Å². The molecule has 1 unspecified atom stereocenters. The summed E-state index contributed by atoms with van der Waals surface area (Å²) in [6.07, 6.45) is 6.93. The number of aliphatic carboxylic acids is 1. The van der Waals surface area contributed by atoms with E-state index in [9.17, 15) is 4.79 Å². The first-order chi connectivity index (χ1) is 9.22. The number of rotatable bonds is 3. The Hall–Kier alpha value is -1.68. The maximum atomic E-state index is 11.1. The summed E-state index contributed by atoms with van der Waals surface area (Å²) in [5.74, 6) is -0.862. The Balaban J connectivity index is 1.78. The first-order valence-electron chi connectivity index (χ1n) is 6.44. The molecule has 0 fully saturated rings. The van der Waals surface area contributed by atoms with Gasteiger partial charge in [0.15, 0.2) is 0 Å². The Kier molecular flexibility index (Phi) is 3.34. The lowest BCUT2D eigenvalue weighted by Gasteiger charge is -2.17. The van der Waals surface area contributed by atoms with Crippen LogP contribution in [0.15, 0.2) is 30.6 Å². The lowest BCUT2D eigenvalue weighted by Crippen LogP contribution is -2.20. The minimum absolute atomic E-state index is 0.201. The van der Waals surface area contributed by atoms with Gasteiger partial charge in [-0.25, -0.2) is 0 Å². The Labute approximate surface area is 115 Å². The van der Waals surface area contributed by atoms with Crippen LogP contribution in [0.2, 0.25) is 0 Å². The molecule has 98 valence electrons. The number of hydrogen-bond donors (Lipinski definition) is 1. The van der Waals surface area contributed by atoms with Gasteiger partial charge in [-0.2, -0.15) is 0 Å². The van der Waals surface area contributed by atoms with Crippen LogP contribution in [0.3, 0.4) is 0 Å². The van der Waals surface area contributed by atoms with Gasteiger partial charge in [-0.05, 0) is 42.5 Å². The molecule has 2 heterocycles. The summed E-state index contributed by atoms with van der Waals surface area (Å²) < 4.78 is 0. The van der Waals surface area contributed by atoms with E-state index in [2.05, 4.69) is 17.1 Å². The number of aromatic nitrogens is 1. The van der Waals surface area contributed by atoms with Gasteiger partial charge in [0.2, 0.25) is 0 Å². The van der Waals surface area contributed by atoms with Crippen LogP contribution in [0, 0.1) is 5.92 Å². The highest BCUT2D eigenvalue weighted by Gasteiger charge is 2.25. The van der Waals surface area contributed by atoms with Crippen molar-refractivity contribution in [2.24, 2.45) is 5.92 Å². The first kappa shape index (κ1) is 12.4. The van der Waals surface area contributed by atoms with Crippen LogP contribution in [0.4, 0.5) is 0 Å². The van der Waals surface area contributed by atoms with Gasteiger partial charge in [0.25, 0.3) is 0 Å². The van der Waals surface area contributed by atoms with Crippen LogP contribution in [-0.2, 0) is 24.1 Å². The molecule has 0 radical (unpaired) electrons. The molecule has 0 saturated carbocycles. The van der Waals surface area contributed by atoms with Crippen LogP contribution in [0.5, 0.6) is 0 Å². The summed E-state index contributed by atoms with van der Waals surface area (Å²) in [5, 5.41) is 9.10. The third kappa shape index (κ3) is 2.68. The molecular formula is C15H15NO2S. The van der Waals surface area contributed by atoms with E-state index in [0.717, 1.165) is 19.3 Å². The molecule has 3 rings (SSSR count). The molecule has 1 aliphatic rings. The van der Waals surface area contributed by atoms with E-state index < -0.39 is 5.97 Å². The summed E-state index contributed by atoms with van der Waals surface area (Å²) in [7, 11) is 0. The largest absolute Gasteiger partial charge is 0.481 e. The maximum Gasteiger partial charge on any atom is 0.306 e. The summed E-state index contributed by atoms with van der Waals surface area (Å²) >= 11 is 1.82. The third-order valence-electron chi connectivity index (χ3n) is 3.58. The number of carboxylic acid groups (broad SMARTS) is 1. The van der Waals surface area contributed by atoms with Gasteiger partial charge in [0.05, 0.1) is 5.92 Å². The predicted molar refractivity (Wildman–Crippen MR) is 74.5 cm³/mol. The molecule has 0 amide bonds. The summed E-state index contributed by atoms with van der Waals surface area (Å²) in [4.78, 5) is 17.9. The van der Waals surface area contributed by atoms with Crippen molar-refractivity contribution in [3.63, 3.8) is 0 Å². The molecule has 0 spiro atoms. The Bertz CT molecular complexity index is 591. The molecule has 1 atom stereocenters. The molecular weight excluding hydrogens is 258 g/mol. The average Bonchev–Trinajstić information content (AvgIpc) is 2.80. The smallest absolute Gasteiger partial charge is 0.306 e. The SMILES string of the molecule is O=C(O)C1CCc2sc(Cc3cccnc3)cc2C1. The van der Waals surface area contributed by atoms with E-state index in [-0.39, 0.29) is 5.92 Å². The van der Waals surface area contributed by atoms with E-state index in [0.29, 0.717) is 6.42 Å². The number of carbonyl (C=O) groups is 1. The van der Waals surface area contributed by atoms with Crippen molar-refractivity contribution in [1.82, 2.24) is 4.98 Å². The van der Waals surface area contributed by atoms with E-state index in [1.54, 1.807) is 6.20 Å². The second-order valence-electron chi connectivity index (χ2n) is 4.98. The number of nitrogens with zero attached hydrogens (tertiary/aromatic N) is 1. The predicted octanol–water partition coefficient (Wildman–Crippen LogP) is 2.92. The zero-order valence-corrected chi connectivity index (χ0v) is 11.3. The molecule has 0 saturated heterocycles. The van der Waals surface area contributed by atoms with Gasteiger partial charge in [0, 0.05) is 28.6 Å². The number of fused-ring (bicyclic) bond motifs is 1. The minimum atomic E-state index is -0.661. The van der Waals surface area contributed by atoms with Gasteiger partial charge in [-0.3, -0.25) is 9.78 Å². The van der Waals surface area contributed by atoms with E-state index in [4.69, 9.17) is 5.11 Å². The number of thiophene rings is 1. The van der Waals surface area contributed by atoms with E-state index in [1.807, 2.05) is 23.6 Å². The van der Waals surface area contributed by atoms with Crippen molar-refractivity contribution in [2.45, 2.75) is 25.7 Å². The molecule has 4 heteroatoms. The van der Waals surface area contributed by atoms with E-state index >= 15 is 0 Å². The van der Waals surface area contributed by atoms with Crippen molar-refractivity contribution in [3.05, 3.63) is 51.5 Å². The zero-order chi connectivity index (χ0) is 13.2. The van der Waals surface area contributed by atoms with Gasteiger partial charge in [0.1, 0.15) is 0 Å². The van der Waals surface area contributed by atoms with Gasteiger partial charge in [-0.15, -0.1) is 11.3 Å². The standard InChI is InChI=1S/C15H15NO2S/c17-15(18)11-3-4-14-12(7-11)8-13(19-14)6-10-2-1-5-16-9-10/h1-2,5,8-9,11H,3-4,6-7H2,(H,17,18). The molecule has 0 aliphatic heterocycles. The fourth-order valence-electron chi connectivity index (χ4n) is 2.59. The molecule has 1 N–H and O–H groups in total. The molecule has 2 aromatic rings. The highest BCUT2D eigenvalue weighted by atomic mass is 32.1. The van der Waals surface area contributed by atoms with E-state index in [1.165, 1.54) is 20.9 Å². The van der Waals surface area contributed by atoms with Crippen LogP contribution in [0.1, 0.15) is 27.3 Å². The van der Waals surface area contributed by atoms with Crippen molar-refractivity contribution in [1.29, 1.82) is 0 Å². The Morgan fingerprint density at radius 1 is 1.53 bits per heavy atom. The number of carboxylic acids is 1. The quantitative estimate of drug-likeness (QED) is 0.935. The maximum absolute atomic E-state index is 11.1. The summed E-state index contributed by atoms with van der Waals surface area (Å²) in [5.41, 5.74) is 2.44. The summed E-state index contributed by atoms with van der Waals surface area (Å²) in [6.45, 7) is 0. The molecule has 1 aliphatic carbocycles. The van der Waals surface area contributed by atoms with Crippen LogP contribution in [-0.4, -0.2) is 16.1 Å². The topological polar surface area (TPSA) is 50.2 Å². The van der Waals surface area contributed by atoms with Crippen molar-refractivity contribution < 1.29 is 9.90 Å². The number of hydrogen-bond acceptors (Lipinski definition) is 3. The summed E-state index contributed by atoms with van der Waals surface area (Å²) in [6, 6.07) is 6.21. The number of aryl methyl sites for hydroxylation is 1. The molecule has 3 nitrogen and oxygen atoms in total. The zero-order valence-electron chi connectivity index (χ0n) is 10.5. The van der Waals surface area contributed by atoms with Crippen LogP contribution < -0.4 is 0 Å². The average molecular weight is 273 g/mol. The van der Waals surface area contributed by atoms with Crippen LogP contribution >= 0.6 is 11.3 Å². The fraction of sp³-hybridized carbons (Fsp3) is 0.333. The second-order valence-corrected chi connectivity index (χ2v) is 6.20. The van der Waals surface area contributed by atoms with Gasteiger partial charge in [-0.1, -0.05) is 6.07 Å². The normalized spacial score (nSPS) is 18.0. The highest BCUT2D eigenvalue weighted by Crippen LogP contribution is 2.33. The molecule has 2 aromatic heterocycles. The third-order valence-corrected chi connectivity index (χ3v) is 4.82. The monoisotopic (exact) mass is 273 g/mol.